The number of hydrogen-bond donors (Lipinski definition) is 0. The first-order chi connectivity index (χ1) is 24.0. The number of furan rings is 1. The highest BCUT2D eigenvalue weighted by Crippen LogP contribution is 2.47. The maximum atomic E-state index is 9.25. The fourth-order valence-electron chi connectivity index (χ4n) is 6.87. The van der Waals surface area contributed by atoms with E-state index in [0.717, 1.165) is 76.9 Å². The van der Waals surface area contributed by atoms with Gasteiger partial charge in [-0.3, -0.25) is 0 Å². The van der Waals surface area contributed by atoms with E-state index in [0.29, 0.717) is 11.1 Å². The second kappa shape index (κ2) is 10.4. The molecule has 0 N–H and O–H groups in total. The smallest absolute Gasteiger partial charge is 0.136 e. The Morgan fingerprint density at radius 2 is 0.933 bits per heavy atom. The van der Waals surface area contributed by atoms with Crippen LogP contribution < -0.4 is 0 Å². The van der Waals surface area contributed by atoms with E-state index in [9.17, 15) is 1.37 Å². The fourth-order valence-corrected chi connectivity index (χ4v) is 6.87. The molecule has 210 valence electrons. The van der Waals surface area contributed by atoms with Gasteiger partial charge in [-0.1, -0.05) is 152 Å². The molecule has 0 bridgehead atoms. The van der Waals surface area contributed by atoms with Gasteiger partial charge in [-0.25, -0.2) is 0 Å². The summed E-state index contributed by atoms with van der Waals surface area (Å²) in [6.45, 7) is 0. The molecular formula is C44H28O. The van der Waals surface area contributed by atoms with Gasteiger partial charge in [0, 0.05) is 10.8 Å². The lowest BCUT2D eigenvalue weighted by molar-refractivity contribution is 0.669. The van der Waals surface area contributed by atoms with Crippen LogP contribution in [-0.4, -0.2) is 0 Å². The van der Waals surface area contributed by atoms with E-state index in [1.165, 1.54) is 0 Å². The molecule has 0 unspecified atom stereocenters. The first-order valence-corrected chi connectivity index (χ1v) is 15.1. The van der Waals surface area contributed by atoms with Crippen molar-refractivity contribution in [3.05, 3.63) is 170 Å². The quantitative estimate of drug-likeness (QED) is 0.190. The van der Waals surface area contributed by atoms with Gasteiger partial charge < -0.3 is 4.42 Å². The van der Waals surface area contributed by atoms with Gasteiger partial charge in [-0.2, -0.15) is 0 Å². The molecule has 1 heteroatoms. The normalized spacial score (nSPS) is 12.8. The molecule has 0 fully saturated rings. The van der Waals surface area contributed by atoms with Crippen LogP contribution in [0.5, 0.6) is 0 Å². The molecule has 0 aliphatic carbocycles. The molecule has 1 aromatic heterocycles. The van der Waals surface area contributed by atoms with Crippen molar-refractivity contribution >= 4 is 43.5 Å². The molecule has 45 heavy (non-hydrogen) atoms. The SMILES string of the molecule is [2H]c1c([2H])c([2H])c(-c2c3ccccc3c(-c3ccc4c(c3)oc3cccc(-c5ccccc5)c34)c3ccccc23)c(-c2ccccc2)c1[2H]. The molecule has 0 aliphatic heterocycles. The standard InChI is InChI=1S/C44H28O/c1-3-14-29(15-4-1)32-18-7-8-19-34(32)43-37-22-11-9-20-35(37)42(36-21-10-12-23-38(36)43)31-26-27-39-41(28-31)45-40-25-13-24-33(44(39)40)30-16-5-2-6-17-30/h1-28H/i7D,8D,18D,19D. The van der Waals surface area contributed by atoms with Crippen molar-refractivity contribution in [3.63, 3.8) is 0 Å². The van der Waals surface area contributed by atoms with Crippen LogP contribution in [0.15, 0.2) is 174 Å². The predicted molar refractivity (Wildman–Crippen MR) is 190 cm³/mol. The average molecular weight is 577 g/mol. The Hall–Kier alpha value is -5.92. The zero-order valence-electron chi connectivity index (χ0n) is 28.3. The highest BCUT2D eigenvalue weighted by atomic mass is 16.3. The zero-order chi connectivity index (χ0) is 33.2. The van der Waals surface area contributed by atoms with Crippen LogP contribution in [0.25, 0.3) is 88.0 Å². The van der Waals surface area contributed by atoms with Gasteiger partial charge in [0.2, 0.25) is 0 Å². The topological polar surface area (TPSA) is 13.1 Å². The second-order valence-electron chi connectivity index (χ2n) is 11.3. The monoisotopic (exact) mass is 576 g/mol. The summed E-state index contributed by atoms with van der Waals surface area (Å²) in [4.78, 5) is 0. The van der Waals surface area contributed by atoms with E-state index >= 15 is 0 Å². The summed E-state index contributed by atoms with van der Waals surface area (Å²) in [5, 5.41) is 5.94. The van der Waals surface area contributed by atoms with Gasteiger partial charge in [0.05, 0.1) is 5.48 Å². The molecule has 0 saturated carbocycles. The Bertz CT molecular complexity index is 2690. The Balaban J connectivity index is 1.36. The maximum Gasteiger partial charge on any atom is 0.136 e. The van der Waals surface area contributed by atoms with Gasteiger partial charge >= 0.3 is 0 Å². The summed E-state index contributed by atoms with van der Waals surface area (Å²) in [5.41, 5.74) is 8.48. The maximum absolute atomic E-state index is 9.25. The van der Waals surface area contributed by atoms with E-state index in [4.69, 9.17) is 8.53 Å². The number of hydrogen-bond acceptors (Lipinski definition) is 1. The Morgan fingerprint density at radius 1 is 0.378 bits per heavy atom. The fraction of sp³-hybridized carbons (Fsp3) is 0. The summed E-state index contributed by atoms with van der Waals surface area (Å²) in [6.07, 6.45) is 0. The van der Waals surface area contributed by atoms with Gasteiger partial charge in [0.25, 0.3) is 0 Å². The van der Waals surface area contributed by atoms with Crippen molar-refractivity contribution in [2.75, 3.05) is 0 Å². The van der Waals surface area contributed by atoms with E-state index < -0.39 is 0 Å². The minimum atomic E-state index is -0.248. The summed E-state index contributed by atoms with van der Waals surface area (Å²) in [6, 6.07) is 48.3. The highest BCUT2D eigenvalue weighted by Gasteiger charge is 2.20. The zero-order valence-corrected chi connectivity index (χ0v) is 24.3. The number of rotatable bonds is 4. The van der Waals surface area contributed by atoms with Crippen molar-refractivity contribution in [2.24, 2.45) is 0 Å². The number of benzene rings is 8. The minimum absolute atomic E-state index is 0.0513. The van der Waals surface area contributed by atoms with Crippen LogP contribution in [0.4, 0.5) is 0 Å². The van der Waals surface area contributed by atoms with Crippen LogP contribution >= 0.6 is 0 Å². The third kappa shape index (κ3) is 4.09. The Morgan fingerprint density at radius 3 is 1.58 bits per heavy atom. The number of fused-ring (bicyclic) bond motifs is 5. The Kier molecular flexibility index (Phi) is 5.00. The van der Waals surface area contributed by atoms with Gasteiger partial charge in [-0.15, -0.1) is 0 Å². The molecule has 0 spiro atoms. The second-order valence-corrected chi connectivity index (χ2v) is 11.3. The molecule has 1 heterocycles. The first kappa shape index (κ1) is 21.7. The van der Waals surface area contributed by atoms with Crippen molar-refractivity contribution in [3.8, 4) is 44.5 Å². The van der Waals surface area contributed by atoms with E-state index in [-0.39, 0.29) is 24.2 Å². The van der Waals surface area contributed by atoms with Crippen molar-refractivity contribution in [1.29, 1.82) is 0 Å². The molecule has 8 aromatic carbocycles. The van der Waals surface area contributed by atoms with Crippen molar-refractivity contribution in [1.82, 2.24) is 0 Å². The molecule has 0 radical (unpaired) electrons. The van der Waals surface area contributed by atoms with Crippen molar-refractivity contribution < 1.29 is 9.90 Å². The molecule has 1 nitrogen and oxygen atoms in total. The van der Waals surface area contributed by atoms with E-state index in [2.05, 4.69) is 72.8 Å². The molecule has 0 saturated heterocycles. The molecular weight excluding hydrogens is 544 g/mol. The summed E-state index contributed by atoms with van der Waals surface area (Å²) in [5.74, 6) is 0. The molecule has 0 amide bonds. The third-order valence-corrected chi connectivity index (χ3v) is 8.80. The molecule has 9 aromatic rings. The molecule has 0 atom stereocenters. The van der Waals surface area contributed by atoms with Crippen molar-refractivity contribution in [2.45, 2.75) is 0 Å². The van der Waals surface area contributed by atoms with Gasteiger partial charge in [0.15, 0.2) is 0 Å². The van der Waals surface area contributed by atoms with Crippen LogP contribution in [0.2, 0.25) is 0 Å². The van der Waals surface area contributed by atoms with E-state index in [1.54, 1.807) is 0 Å². The predicted octanol–water partition coefficient (Wildman–Crippen LogP) is 12.6. The minimum Gasteiger partial charge on any atom is -0.456 e. The third-order valence-electron chi connectivity index (χ3n) is 8.80. The molecule has 0 aliphatic rings. The van der Waals surface area contributed by atoms with E-state index in [1.807, 2.05) is 72.8 Å². The summed E-state index contributed by atoms with van der Waals surface area (Å²) < 4.78 is 42.1. The summed E-state index contributed by atoms with van der Waals surface area (Å²) >= 11 is 0. The largest absolute Gasteiger partial charge is 0.456 e. The highest BCUT2D eigenvalue weighted by molar-refractivity contribution is 6.23. The van der Waals surface area contributed by atoms with Crippen LogP contribution in [0.3, 0.4) is 0 Å². The van der Waals surface area contributed by atoms with Crippen LogP contribution in [0.1, 0.15) is 5.48 Å². The Labute approximate surface area is 267 Å². The summed E-state index contributed by atoms with van der Waals surface area (Å²) in [7, 11) is 0. The molecule has 9 rings (SSSR count). The van der Waals surface area contributed by atoms with Crippen LogP contribution in [0, 0.1) is 0 Å². The lowest BCUT2D eigenvalue weighted by Crippen LogP contribution is -1.92. The van der Waals surface area contributed by atoms with Gasteiger partial charge in [-0.05, 0) is 84.3 Å². The lowest BCUT2D eigenvalue weighted by Gasteiger charge is -2.19. The van der Waals surface area contributed by atoms with Crippen LogP contribution in [-0.2, 0) is 0 Å². The first-order valence-electron chi connectivity index (χ1n) is 17.1. The lowest BCUT2D eigenvalue weighted by atomic mass is 9.84. The average Bonchev–Trinajstić information content (AvgIpc) is 3.53. The van der Waals surface area contributed by atoms with Gasteiger partial charge in [0.1, 0.15) is 11.2 Å².